The van der Waals surface area contributed by atoms with Gasteiger partial charge in [-0.2, -0.15) is 13.2 Å². The first-order valence-corrected chi connectivity index (χ1v) is 6.89. The van der Waals surface area contributed by atoms with Crippen LogP contribution in [-0.4, -0.2) is 9.96 Å². The van der Waals surface area contributed by atoms with E-state index in [1.807, 2.05) is 13.8 Å². The zero-order chi connectivity index (χ0) is 13.9. The van der Waals surface area contributed by atoms with E-state index < -0.39 is 22.5 Å². The van der Waals surface area contributed by atoms with Crippen LogP contribution in [0.4, 0.5) is 18.9 Å². The highest BCUT2D eigenvalue weighted by atomic mass is 32.2. The summed E-state index contributed by atoms with van der Waals surface area (Å²) >= 11 is 0. The lowest BCUT2D eigenvalue weighted by Crippen LogP contribution is -2.09. The Hall–Kier alpha value is -1.04. The van der Waals surface area contributed by atoms with Crippen molar-refractivity contribution in [1.82, 2.24) is 0 Å². The summed E-state index contributed by atoms with van der Waals surface area (Å²) in [5.74, 6) is 0.803. The molecule has 6 heteroatoms. The van der Waals surface area contributed by atoms with Crippen LogP contribution in [0.25, 0.3) is 0 Å². The Kier molecular flexibility index (Phi) is 4.78. The minimum Gasteiger partial charge on any atom is -0.398 e. The number of benzene rings is 1. The largest absolute Gasteiger partial charge is 0.416 e. The van der Waals surface area contributed by atoms with Crippen molar-refractivity contribution in [3.63, 3.8) is 0 Å². The normalized spacial score (nSPS) is 13.9. The van der Waals surface area contributed by atoms with Crippen LogP contribution in [0, 0.1) is 5.92 Å². The molecule has 1 atom stereocenters. The number of alkyl halides is 3. The molecule has 0 heterocycles. The summed E-state index contributed by atoms with van der Waals surface area (Å²) in [5.41, 5.74) is 4.65. The number of nitrogens with two attached hydrogens (primary N) is 1. The van der Waals surface area contributed by atoms with Crippen LogP contribution < -0.4 is 5.73 Å². The van der Waals surface area contributed by atoms with E-state index in [0.29, 0.717) is 11.7 Å². The molecule has 1 aromatic rings. The molecule has 1 unspecified atom stereocenters. The minimum atomic E-state index is -4.42. The summed E-state index contributed by atoms with van der Waals surface area (Å²) in [6.45, 7) is 3.99. The molecule has 0 aliphatic rings. The number of hydrogen-bond donors (Lipinski definition) is 1. The fourth-order valence-corrected chi connectivity index (χ4v) is 2.83. The molecule has 2 nitrogen and oxygen atoms in total. The van der Waals surface area contributed by atoms with E-state index in [-0.39, 0.29) is 10.6 Å². The fourth-order valence-electron chi connectivity index (χ4n) is 1.38. The van der Waals surface area contributed by atoms with Gasteiger partial charge in [0, 0.05) is 11.4 Å². The van der Waals surface area contributed by atoms with Gasteiger partial charge in [-0.25, -0.2) is 0 Å². The van der Waals surface area contributed by atoms with Crippen LogP contribution in [0.15, 0.2) is 23.1 Å². The van der Waals surface area contributed by atoms with Gasteiger partial charge in [-0.3, -0.25) is 4.21 Å². The number of halogens is 3. The van der Waals surface area contributed by atoms with Crippen molar-refractivity contribution < 1.29 is 17.4 Å². The maximum atomic E-state index is 12.4. The SMILES string of the molecule is CC(C)CCS(=O)c1ccc(C(F)(F)F)cc1N. The lowest BCUT2D eigenvalue weighted by atomic mass is 10.2. The summed E-state index contributed by atoms with van der Waals surface area (Å²) < 4.78 is 49.2. The Labute approximate surface area is 107 Å². The van der Waals surface area contributed by atoms with Gasteiger partial charge in [0.2, 0.25) is 0 Å². The quantitative estimate of drug-likeness (QED) is 0.858. The summed E-state index contributed by atoms with van der Waals surface area (Å²) in [6, 6.07) is 2.95. The molecule has 18 heavy (non-hydrogen) atoms. The van der Waals surface area contributed by atoms with Crippen LogP contribution in [0.1, 0.15) is 25.8 Å². The Balaban J connectivity index is 2.89. The monoisotopic (exact) mass is 279 g/mol. The number of nitrogen functional groups attached to an aromatic ring is 1. The van der Waals surface area contributed by atoms with E-state index >= 15 is 0 Å². The van der Waals surface area contributed by atoms with E-state index in [1.165, 1.54) is 6.07 Å². The third kappa shape index (κ3) is 4.01. The van der Waals surface area contributed by atoms with Gasteiger partial charge in [-0.1, -0.05) is 13.8 Å². The molecule has 1 aromatic carbocycles. The minimum absolute atomic E-state index is 0.0630. The standard InChI is InChI=1S/C12H16F3NOS/c1-8(2)5-6-18(17)11-4-3-9(7-10(11)16)12(13,14)15/h3-4,7-8H,5-6,16H2,1-2H3. The van der Waals surface area contributed by atoms with E-state index in [4.69, 9.17) is 5.73 Å². The van der Waals surface area contributed by atoms with Crippen molar-refractivity contribution in [3.8, 4) is 0 Å². The molecule has 0 spiro atoms. The van der Waals surface area contributed by atoms with Gasteiger partial charge in [0.25, 0.3) is 0 Å². The predicted molar refractivity (Wildman–Crippen MR) is 66.6 cm³/mol. The van der Waals surface area contributed by atoms with E-state index in [1.54, 1.807) is 0 Å². The Morgan fingerprint density at radius 2 is 1.94 bits per heavy atom. The van der Waals surface area contributed by atoms with E-state index in [0.717, 1.165) is 18.6 Å². The lowest BCUT2D eigenvalue weighted by Gasteiger charge is -2.11. The molecule has 0 bridgehead atoms. The number of anilines is 1. The molecule has 1 rings (SSSR count). The van der Waals surface area contributed by atoms with Crippen LogP contribution in [0.3, 0.4) is 0 Å². The van der Waals surface area contributed by atoms with Crippen LogP contribution in [0.5, 0.6) is 0 Å². The molecular weight excluding hydrogens is 263 g/mol. The van der Waals surface area contributed by atoms with Gasteiger partial charge in [-0.05, 0) is 30.5 Å². The van der Waals surface area contributed by atoms with Crippen LogP contribution in [-0.2, 0) is 17.0 Å². The zero-order valence-corrected chi connectivity index (χ0v) is 11.1. The highest BCUT2D eigenvalue weighted by Gasteiger charge is 2.31. The summed E-state index contributed by atoms with van der Waals surface area (Å²) in [7, 11) is -1.34. The van der Waals surface area contributed by atoms with Crippen molar-refractivity contribution in [2.75, 3.05) is 11.5 Å². The van der Waals surface area contributed by atoms with E-state index in [2.05, 4.69) is 0 Å². The Morgan fingerprint density at radius 1 is 1.33 bits per heavy atom. The fraction of sp³-hybridized carbons (Fsp3) is 0.500. The van der Waals surface area contributed by atoms with E-state index in [9.17, 15) is 17.4 Å². The maximum absolute atomic E-state index is 12.4. The summed E-state index contributed by atoms with van der Waals surface area (Å²) in [5, 5.41) is 0. The van der Waals surface area contributed by atoms with Crippen molar-refractivity contribution in [1.29, 1.82) is 0 Å². The van der Waals surface area contributed by atoms with Gasteiger partial charge >= 0.3 is 6.18 Å². The molecule has 0 aromatic heterocycles. The molecule has 0 fully saturated rings. The van der Waals surface area contributed by atoms with Crippen molar-refractivity contribution in [2.24, 2.45) is 5.92 Å². The summed E-state index contributed by atoms with van der Waals surface area (Å²) in [4.78, 5) is 0.281. The molecule has 0 aliphatic heterocycles. The maximum Gasteiger partial charge on any atom is 0.416 e. The second kappa shape index (κ2) is 5.73. The van der Waals surface area contributed by atoms with Crippen molar-refractivity contribution in [2.45, 2.75) is 31.3 Å². The first-order valence-electron chi connectivity index (χ1n) is 5.57. The zero-order valence-electron chi connectivity index (χ0n) is 10.3. The lowest BCUT2D eigenvalue weighted by molar-refractivity contribution is -0.137. The average Bonchev–Trinajstić information content (AvgIpc) is 2.24. The van der Waals surface area contributed by atoms with Gasteiger partial charge in [-0.15, -0.1) is 0 Å². The highest BCUT2D eigenvalue weighted by Crippen LogP contribution is 2.32. The first-order chi connectivity index (χ1) is 8.21. The molecule has 2 N–H and O–H groups in total. The summed E-state index contributed by atoms with van der Waals surface area (Å²) in [6.07, 6.45) is -3.68. The molecule has 0 saturated carbocycles. The van der Waals surface area contributed by atoms with Gasteiger partial charge in [0.1, 0.15) is 0 Å². The topological polar surface area (TPSA) is 43.1 Å². The molecule has 0 aliphatic carbocycles. The number of rotatable bonds is 4. The molecule has 102 valence electrons. The second-order valence-electron chi connectivity index (χ2n) is 4.48. The van der Waals surface area contributed by atoms with Crippen LogP contribution >= 0.6 is 0 Å². The third-order valence-electron chi connectivity index (χ3n) is 2.46. The van der Waals surface area contributed by atoms with Gasteiger partial charge in [0.15, 0.2) is 0 Å². The highest BCUT2D eigenvalue weighted by molar-refractivity contribution is 7.85. The Morgan fingerprint density at radius 3 is 2.39 bits per heavy atom. The van der Waals surface area contributed by atoms with Gasteiger partial charge < -0.3 is 5.73 Å². The third-order valence-corrected chi connectivity index (χ3v) is 3.93. The van der Waals surface area contributed by atoms with Crippen LogP contribution in [0.2, 0.25) is 0 Å². The molecule has 0 radical (unpaired) electrons. The number of hydrogen-bond acceptors (Lipinski definition) is 2. The molecule has 0 amide bonds. The van der Waals surface area contributed by atoms with Gasteiger partial charge in [0.05, 0.1) is 21.3 Å². The smallest absolute Gasteiger partial charge is 0.398 e. The molecular formula is C12H16F3NOS. The van der Waals surface area contributed by atoms with Crippen molar-refractivity contribution in [3.05, 3.63) is 23.8 Å². The average molecular weight is 279 g/mol. The first kappa shape index (κ1) is 15.0. The van der Waals surface area contributed by atoms with Crippen molar-refractivity contribution >= 4 is 16.5 Å². The Bertz CT molecular complexity index is 443. The molecule has 0 saturated heterocycles. The second-order valence-corrected chi connectivity index (χ2v) is 6.02. The predicted octanol–water partition coefficient (Wildman–Crippen LogP) is 3.44.